The summed E-state index contributed by atoms with van der Waals surface area (Å²) in [4.78, 5) is 39.8. The number of hydrogen-bond donors (Lipinski definition) is 0. The summed E-state index contributed by atoms with van der Waals surface area (Å²) < 4.78 is 15.6. The predicted octanol–water partition coefficient (Wildman–Crippen LogP) is 0.509. The second kappa shape index (κ2) is 6.73. The summed E-state index contributed by atoms with van der Waals surface area (Å²) in [6, 6.07) is 0. The summed E-state index contributed by atoms with van der Waals surface area (Å²) in [5.41, 5.74) is 0.614. The molecule has 134 valence electrons. The number of aryl methyl sites for hydroxylation is 1. The fourth-order valence-electron chi connectivity index (χ4n) is 2.84. The summed E-state index contributed by atoms with van der Waals surface area (Å²) >= 11 is 0. The van der Waals surface area contributed by atoms with Crippen LogP contribution in [0.1, 0.15) is 24.3 Å². The van der Waals surface area contributed by atoms with E-state index < -0.39 is 12.1 Å². The van der Waals surface area contributed by atoms with Crippen LogP contribution in [0.15, 0.2) is 22.5 Å². The largest absolute Gasteiger partial charge is 0.340 e. The number of piperazine rings is 1. The highest BCUT2D eigenvalue weighted by Crippen LogP contribution is 2.16. The van der Waals surface area contributed by atoms with Crippen molar-refractivity contribution in [3.63, 3.8) is 0 Å². The number of carbonyl (C=O) groups excluding carboxylic acids is 2. The summed E-state index contributed by atoms with van der Waals surface area (Å²) in [7, 11) is 1.81. The summed E-state index contributed by atoms with van der Waals surface area (Å²) in [5, 5.41) is 0. The lowest BCUT2D eigenvalue weighted by molar-refractivity contribution is -0.120. The molecule has 0 aromatic carbocycles. The minimum Gasteiger partial charge on any atom is -0.340 e. The van der Waals surface area contributed by atoms with Gasteiger partial charge in [0.05, 0.1) is 12.0 Å². The second-order valence-electron chi connectivity index (χ2n) is 6.51. The van der Waals surface area contributed by atoms with E-state index in [1.54, 1.807) is 35.8 Å². The molecule has 0 bridgehead atoms. The van der Waals surface area contributed by atoms with Crippen LogP contribution in [0.2, 0.25) is 0 Å². The number of halogens is 1. The first-order valence-electron chi connectivity index (χ1n) is 8.24. The maximum atomic E-state index is 13.9. The molecule has 2 aliphatic rings. The van der Waals surface area contributed by atoms with Gasteiger partial charge in [-0.1, -0.05) is 13.8 Å². The molecule has 0 radical (unpaired) electrons. The fraction of sp³-hybridized carbons (Fsp3) is 0.562. The minimum atomic E-state index is -1.75. The number of nitrogens with zero attached hydrogens (tertiary/aromatic N) is 6. The van der Waals surface area contributed by atoms with Crippen molar-refractivity contribution in [3.05, 3.63) is 18.2 Å². The van der Waals surface area contributed by atoms with E-state index >= 15 is 0 Å². The normalized spacial score (nSPS) is 21.5. The SMILES string of the molecule is CC(C)C1=NC(N2CCN(C(=O)c3cn(C)cn3)CC2)=NC(=O)C1F. The molecule has 1 atom stereocenters. The lowest BCUT2D eigenvalue weighted by atomic mass is 10.0. The van der Waals surface area contributed by atoms with E-state index in [0.29, 0.717) is 31.9 Å². The molecule has 1 aromatic heterocycles. The lowest BCUT2D eigenvalue weighted by Gasteiger charge is -2.35. The Morgan fingerprint density at radius 3 is 2.48 bits per heavy atom. The molecule has 0 saturated carbocycles. The molecule has 0 N–H and O–H groups in total. The number of rotatable bonds is 2. The third-order valence-electron chi connectivity index (χ3n) is 4.28. The van der Waals surface area contributed by atoms with Crippen LogP contribution in [0, 0.1) is 5.92 Å². The van der Waals surface area contributed by atoms with Gasteiger partial charge in [0.15, 0.2) is 0 Å². The van der Waals surface area contributed by atoms with Gasteiger partial charge in [-0.05, 0) is 5.92 Å². The third-order valence-corrected chi connectivity index (χ3v) is 4.28. The number of carbonyl (C=O) groups is 2. The Morgan fingerprint density at radius 1 is 1.24 bits per heavy atom. The minimum absolute atomic E-state index is 0.128. The van der Waals surface area contributed by atoms with E-state index in [9.17, 15) is 14.0 Å². The van der Waals surface area contributed by atoms with Gasteiger partial charge in [-0.2, -0.15) is 4.99 Å². The molecule has 25 heavy (non-hydrogen) atoms. The van der Waals surface area contributed by atoms with Gasteiger partial charge in [-0.15, -0.1) is 0 Å². The van der Waals surface area contributed by atoms with Gasteiger partial charge < -0.3 is 14.4 Å². The van der Waals surface area contributed by atoms with Crippen molar-refractivity contribution in [1.29, 1.82) is 0 Å². The van der Waals surface area contributed by atoms with Gasteiger partial charge in [-0.25, -0.2) is 14.4 Å². The molecule has 1 saturated heterocycles. The van der Waals surface area contributed by atoms with Crippen molar-refractivity contribution in [2.45, 2.75) is 20.0 Å². The standard InChI is InChI=1S/C16H21FN6O2/c1-10(2)13-12(17)14(24)20-16(19-13)23-6-4-22(5-7-23)15(25)11-8-21(3)9-18-11/h8-10,12H,4-7H2,1-3H3. The van der Waals surface area contributed by atoms with Crippen LogP contribution >= 0.6 is 0 Å². The Morgan fingerprint density at radius 2 is 1.92 bits per heavy atom. The van der Waals surface area contributed by atoms with E-state index in [1.165, 1.54) is 0 Å². The molecule has 8 nitrogen and oxygen atoms in total. The number of alkyl halides is 1. The van der Waals surface area contributed by atoms with E-state index in [0.717, 1.165) is 0 Å². The molecular formula is C16H21FN6O2. The Bertz CT molecular complexity index is 746. The zero-order valence-electron chi connectivity index (χ0n) is 14.5. The Kier molecular flexibility index (Phi) is 4.65. The molecule has 3 rings (SSSR count). The predicted molar refractivity (Wildman–Crippen MR) is 90.3 cm³/mol. The number of aliphatic imine (C=N–C) groups is 2. The summed E-state index contributed by atoms with van der Waals surface area (Å²) in [5.74, 6) is -0.859. The molecule has 1 aromatic rings. The highest BCUT2D eigenvalue weighted by Gasteiger charge is 2.33. The average molecular weight is 348 g/mol. The molecule has 0 aliphatic carbocycles. The van der Waals surface area contributed by atoms with Gasteiger partial charge in [0, 0.05) is 39.4 Å². The zero-order chi connectivity index (χ0) is 18.1. The molecule has 3 heterocycles. The van der Waals surface area contributed by atoms with Crippen LogP contribution in [-0.2, 0) is 11.8 Å². The first kappa shape index (κ1) is 17.2. The number of imidazole rings is 1. The van der Waals surface area contributed by atoms with Crippen molar-refractivity contribution < 1.29 is 14.0 Å². The highest BCUT2D eigenvalue weighted by atomic mass is 19.1. The molecule has 2 aliphatic heterocycles. The Hall–Kier alpha value is -2.58. The average Bonchev–Trinajstić information content (AvgIpc) is 3.03. The van der Waals surface area contributed by atoms with Crippen LogP contribution in [0.25, 0.3) is 0 Å². The van der Waals surface area contributed by atoms with Crippen molar-refractivity contribution in [3.8, 4) is 0 Å². The maximum Gasteiger partial charge on any atom is 0.289 e. The van der Waals surface area contributed by atoms with E-state index in [-0.39, 0.29) is 23.5 Å². The molecule has 9 heteroatoms. The Labute approximate surface area is 145 Å². The molecule has 1 unspecified atom stereocenters. The fourth-order valence-corrected chi connectivity index (χ4v) is 2.84. The number of amides is 2. The molecule has 2 amide bonds. The van der Waals surface area contributed by atoms with Crippen LogP contribution in [0.3, 0.4) is 0 Å². The summed E-state index contributed by atoms with van der Waals surface area (Å²) in [6.45, 7) is 5.49. The van der Waals surface area contributed by atoms with E-state index in [1.807, 2.05) is 11.9 Å². The van der Waals surface area contributed by atoms with E-state index in [4.69, 9.17) is 0 Å². The first-order chi connectivity index (χ1) is 11.9. The molecule has 0 spiro atoms. The highest BCUT2D eigenvalue weighted by molar-refractivity contribution is 6.18. The van der Waals surface area contributed by atoms with Gasteiger partial charge in [0.2, 0.25) is 12.1 Å². The lowest BCUT2D eigenvalue weighted by Crippen LogP contribution is -2.51. The number of aromatic nitrogens is 2. The smallest absolute Gasteiger partial charge is 0.289 e. The quantitative estimate of drug-likeness (QED) is 0.780. The number of hydrogen-bond acceptors (Lipinski definition) is 5. The molecular weight excluding hydrogens is 327 g/mol. The van der Waals surface area contributed by atoms with Crippen molar-refractivity contribution in [2.24, 2.45) is 23.0 Å². The van der Waals surface area contributed by atoms with Crippen LogP contribution < -0.4 is 0 Å². The summed E-state index contributed by atoms with van der Waals surface area (Å²) in [6.07, 6.45) is 1.51. The first-order valence-corrected chi connectivity index (χ1v) is 8.24. The molecule has 1 fully saturated rings. The monoisotopic (exact) mass is 348 g/mol. The Balaban J connectivity index is 1.67. The number of guanidine groups is 1. The zero-order valence-corrected chi connectivity index (χ0v) is 14.5. The van der Waals surface area contributed by atoms with Gasteiger partial charge in [-0.3, -0.25) is 9.59 Å². The third kappa shape index (κ3) is 3.45. The van der Waals surface area contributed by atoms with Gasteiger partial charge in [0.25, 0.3) is 11.8 Å². The van der Waals surface area contributed by atoms with Crippen LogP contribution in [-0.4, -0.2) is 75.2 Å². The van der Waals surface area contributed by atoms with Crippen LogP contribution in [0.4, 0.5) is 4.39 Å². The van der Waals surface area contributed by atoms with Crippen LogP contribution in [0.5, 0.6) is 0 Å². The van der Waals surface area contributed by atoms with E-state index in [2.05, 4.69) is 15.0 Å². The topological polar surface area (TPSA) is 83.2 Å². The van der Waals surface area contributed by atoms with Crippen molar-refractivity contribution in [2.75, 3.05) is 26.2 Å². The van der Waals surface area contributed by atoms with Gasteiger partial charge in [0.1, 0.15) is 5.69 Å². The van der Waals surface area contributed by atoms with Gasteiger partial charge >= 0.3 is 0 Å². The maximum absolute atomic E-state index is 13.9. The van der Waals surface area contributed by atoms with Crippen molar-refractivity contribution >= 4 is 23.5 Å². The van der Waals surface area contributed by atoms with Crippen molar-refractivity contribution in [1.82, 2.24) is 19.4 Å². The second-order valence-corrected chi connectivity index (χ2v) is 6.51.